The second-order valence-electron chi connectivity index (χ2n) is 18.1. The summed E-state index contributed by atoms with van der Waals surface area (Å²) in [5, 5.41) is 0. The smallest absolute Gasteiger partial charge is 0.311 e. The van der Waals surface area contributed by atoms with Gasteiger partial charge in [0.05, 0.1) is 30.0 Å². The molecular weight excluding hydrogens is 775 g/mol. The number of hydrogen-bond donors (Lipinski definition) is 0. The number of hydrogen-bond acceptors (Lipinski definition) is 10. The molecule has 0 spiro atoms. The molecule has 2 rings (SSSR count). The van der Waals surface area contributed by atoms with E-state index in [1.165, 1.54) is 0 Å². The number of benzene rings is 1. The molecule has 0 aromatic heterocycles. The number of ether oxygens (including phenoxy) is 4. The minimum atomic E-state index is -1.05. The Morgan fingerprint density at radius 2 is 1.43 bits per heavy atom. The van der Waals surface area contributed by atoms with Gasteiger partial charge in [-0.3, -0.25) is 28.8 Å². The van der Waals surface area contributed by atoms with E-state index in [0.717, 1.165) is 57.8 Å². The van der Waals surface area contributed by atoms with Gasteiger partial charge >= 0.3 is 17.9 Å². The number of unbranched alkanes of at least 4 members (excludes halogenated alkanes) is 2. The molecule has 0 N–H and O–H groups in total. The fourth-order valence-electron chi connectivity index (χ4n) is 8.08. The van der Waals surface area contributed by atoms with E-state index in [2.05, 4.69) is 13.8 Å². The van der Waals surface area contributed by atoms with Crippen LogP contribution in [0.2, 0.25) is 0 Å². The highest BCUT2D eigenvalue weighted by molar-refractivity contribution is 5.83. The molecule has 6 atom stereocenters. The van der Waals surface area contributed by atoms with Gasteiger partial charge in [0.15, 0.2) is 0 Å². The van der Waals surface area contributed by atoms with Crippen LogP contribution in [-0.2, 0) is 43.0 Å². The number of carbonyl (C=O) groups excluding carboxylic acids is 6. The maximum absolute atomic E-state index is 14.1. The summed E-state index contributed by atoms with van der Waals surface area (Å²) in [5.41, 5.74) is -1.87. The van der Waals surface area contributed by atoms with Gasteiger partial charge < -0.3 is 23.8 Å². The Hall–Kier alpha value is -3.76. The van der Waals surface area contributed by atoms with Crippen LogP contribution in [0.4, 0.5) is 0 Å². The zero-order valence-electron chi connectivity index (χ0n) is 39.2. The second-order valence-corrected chi connectivity index (χ2v) is 18.1. The molecule has 0 bridgehead atoms. The molecule has 0 radical (unpaired) electrons. The summed E-state index contributed by atoms with van der Waals surface area (Å²) in [6.07, 6.45) is 11.9. The van der Waals surface area contributed by atoms with Gasteiger partial charge in [0.25, 0.3) is 0 Å². The van der Waals surface area contributed by atoms with Gasteiger partial charge in [0.1, 0.15) is 30.5 Å². The number of ketones is 2. The predicted molar refractivity (Wildman–Crippen MR) is 239 cm³/mol. The van der Waals surface area contributed by atoms with Crippen molar-refractivity contribution in [1.29, 1.82) is 0 Å². The SMILES string of the molecule is CCCCC(=O)C(C)CC(CCC(=O)CCOc1ccccc1)C(=O)OCCOC(=O)C(C)(CCC(C)(CC)C(=O)OCC(CC)CCCC)CC(C)N1CCCCCC1=O. The molecular formula is C50H81NO10. The molecule has 1 aliphatic rings. The largest absolute Gasteiger partial charge is 0.493 e. The quantitative estimate of drug-likeness (QED) is 0.0390. The van der Waals surface area contributed by atoms with Crippen molar-refractivity contribution in [3.8, 4) is 5.75 Å². The lowest BCUT2D eigenvalue weighted by Gasteiger charge is -2.37. The van der Waals surface area contributed by atoms with Crippen molar-refractivity contribution in [2.24, 2.45) is 28.6 Å². The van der Waals surface area contributed by atoms with Crippen LogP contribution < -0.4 is 4.74 Å². The van der Waals surface area contributed by atoms with Gasteiger partial charge in [-0.2, -0.15) is 0 Å². The minimum Gasteiger partial charge on any atom is -0.493 e. The van der Waals surface area contributed by atoms with Crippen molar-refractivity contribution in [3.05, 3.63) is 30.3 Å². The maximum Gasteiger partial charge on any atom is 0.311 e. The van der Waals surface area contributed by atoms with Crippen LogP contribution in [0, 0.1) is 28.6 Å². The van der Waals surface area contributed by atoms with Gasteiger partial charge in [-0.15, -0.1) is 0 Å². The van der Waals surface area contributed by atoms with E-state index in [-0.39, 0.29) is 80.9 Å². The highest BCUT2D eigenvalue weighted by Gasteiger charge is 2.43. The third-order valence-corrected chi connectivity index (χ3v) is 12.9. The van der Waals surface area contributed by atoms with E-state index < -0.39 is 28.7 Å². The molecule has 1 fully saturated rings. The Balaban J connectivity index is 2.13. The van der Waals surface area contributed by atoms with E-state index in [0.29, 0.717) is 63.3 Å². The molecule has 1 aliphatic heterocycles. The van der Waals surface area contributed by atoms with E-state index in [4.69, 9.17) is 18.9 Å². The summed E-state index contributed by atoms with van der Waals surface area (Å²) in [4.78, 5) is 81.9. The van der Waals surface area contributed by atoms with Crippen molar-refractivity contribution >= 4 is 35.4 Å². The average Bonchev–Trinajstić information content (AvgIpc) is 3.48. The molecule has 11 heteroatoms. The van der Waals surface area contributed by atoms with Crippen molar-refractivity contribution in [1.82, 2.24) is 4.90 Å². The normalized spacial score (nSPS) is 17.1. The molecule has 1 saturated heterocycles. The number of carbonyl (C=O) groups is 6. The van der Waals surface area contributed by atoms with Gasteiger partial charge in [-0.1, -0.05) is 84.9 Å². The number of nitrogens with zero attached hydrogens (tertiary/aromatic N) is 1. The van der Waals surface area contributed by atoms with Crippen molar-refractivity contribution in [2.45, 2.75) is 183 Å². The highest BCUT2D eigenvalue weighted by Crippen LogP contribution is 2.40. The summed E-state index contributed by atoms with van der Waals surface area (Å²) >= 11 is 0. The fraction of sp³-hybridized carbons (Fsp3) is 0.760. The van der Waals surface area contributed by atoms with E-state index in [1.54, 1.807) is 0 Å². The first-order valence-corrected chi connectivity index (χ1v) is 23.7. The molecule has 1 heterocycles. The van der Waals surface area contributed by atoms with Crippen LogP contribution in [-0.4, -0.2) is 79.3 Å². The number of esters is 3. The van der Waals surface area contributed by atoms with E-state index in [9.17, 15) is 28.8 Å². The van der Waals surface area contributed by atoms with Crippen LogP contribution >= 0.6 is 0 Å². The van der Waals surface area contributed by atoms with Gasteiger partial charge in [0.2, 0.25) is 5.91 Å². The first-order chi connectivity index (χ1) is 29.1. The summed E-state index contributed by atoms with van der Waals surface area (Å²) in [6.45, 7) is 16.6. The summed E-state index contributed by atoms with van der Waals surface area (Å²) in [7, 11) is 0. The highest BCUT2D eigenvalue weighted by atomic mass is 16.6. The van der Waals surface area contributed by atoms with Crippen molar-refractivity contribution < 1.29 is 47.7 Å². The number of para-hydroxylation sites is 1. The molecule has 11 nitrogen and oxygen atoms in total. The average molecular weight is 856 g/mol. The first kappa shape index (κ1) is 53.4. The lowest BCUT2D eigenvalue weighted by atomic mass is 9.73. The molecule has 0 saturated carbocycles. The van der Waals surface area contributed by atoms with Crippen LogP contribution in [0.5, 0.6) is 5.75 Å². The van der Waals surface area contributed by atoms with Crippen LogP contribution in [0.3, 0.4) is 0 Å². The zero-order valence-corrected chi connectivity index (χ0v) is 39.2. The number of amides is 1. The zero-order chi connectivity index (χ0) is 45.3. The molecule has 1 aromatic carbocycles. The molecule has 1 aromatic rings. The standard InChI is InChI=1S/C50H81NO10/c1-9-13-21-40(11-3)37-61-47(56)49(7,12-4)29-30-50(8,36-39(6)51-31-20-16-19-25-45(51)54)48(57)60-34-33-59-46(55)41(35-38(5)44(53)24-14-10-2)26-27-42(52)28-32-58-43-22-17-15-18-23-43/h15,17-18,22-23,38-41H,9-14,16,19-21,24-37H2,1-8H3. The Morgan fingerprint density at radius 3 is 2.10 bits per heavy atom. The van der Waals surface area contributed by atoms with Gasteiger partial charge in [-0.25, -0.2) is 0 Å². The number of Topliss-reactive ketones (excluding diaryl/α,β-unsaturated/α-hetero) is 2. The van der Waals surface area contributed by atoms with Crippen molar-refractivity contribution in [3.63, 3.8) is 0 Å². The topological polar surface area (TPSA) is 143 Å². The fourth-order valence-corrected chi connectivity index (χ4v) is 8.08. The van der Waals surface area contributed by atoms with E-state index >= 15 is 0 Å². The summed E-state index contributed by atoms with van der Waals surface area (Å²) < 4.78 is 23.1. The van der Waals surface area contributed by atoms with Crippen molar-refractivity contribution in [2.75, 3.05) is 33.0 Å². The lowest BCUT2D eigenvalue weighted by molar-refractivity contribution is -0.165. The van der Waals surface area contributed by atoms with Crippen LogP contribution in [0.15, 0.2) is 30.3 Å². The molecule has 6 unspecified atom stereocenters. The first-order valence-electron chi connectivity index (χ1n) is 23.7. The summed E-state index contributed by atoms with van der Waals surface area (Å²) in [6, 6.07) is 9.01. The molecule has 1 amide bonds. The number of likely N-dealkylation sites (tertiary alicyclic amines) is 1. The third-order valence-electron chi connectivity index (χ3n) is 12.9. The second kappa shape index (κ2) is 28.8. The molecule has 0 aliphatic carbocycles. The Bertz CT molecular complexity index is 1480. The Labute approximate surface area is 368 Å². The lowest BCUT2D eigenvalue weighted by Crippen LogP contribution is -2.44. The van der Waals surface area contributed by atoms with E-state index in [1.807, 2.05) is 76.8 Å². The number of rotatable bonds is 32. The van der Waals surface area contributed by atoms with Gasteiger partial charge in [0, 0.05) is 44.2 Å². The van der Waals surface area contributed by atoms with Crippen LogP contribution in [0.1, 0.15) is 177 Å². The Kier molecular flexibility index (Phi) is 25.2. The maximum atomic E-state index is 14.1. The van der Waals surface area contributed by atoms with Gasteiger partial charge in [-0.05, 0) is 103 Å². The molecule has 61 heavy (non-hydrogen) atoms. The van der Waals surface area contributed by atoms with Crippen LogP contribution in [0.25, 0.3) is 0 Å². The Morgan fingerprint density at radius 1 is 0.754 bits per heavy atom. The monoisotopic (exact) mass is 856 g/mol. The predicted octanol–water partition coefficient (Wildman–Crippen LogP) is 10.4. The molecule has 346 valence electrons. The minimum absolute atomic E-state index is 0.0485. The third kappa shape index (κ3) is 19.4. The summed E-state index contributed by atoms with van der Waals surface area (Å²) in [5.74, 6) is -1.23.